The molecule has 234 valence electrons. The number of thiazole rings is 1. The molecule has 44 heavy (non-hydrogen) atoms. The van der Waals surface area contributed by atoms with Crippen molar-refractivity contribution in [3.63, 3.8) is 0 Å². The first-order chi connectivity index (χ1) is 20.9. The lowest BCUT2D eigenvalue weighted by Crippen LogP contribution is -2.40. The van der Waals surface area contributed by atoms with E-state index >= 15 is 0 Å². The Bertz CT molecular complexity index is 1820. The Labute approximate surface area is 258 Å². The summed E-state index contributed by atoms with van der Waals surface area (Å²) in [5, 5.41) is 7.17. The lowest BCUT2D eigenvalue weighted by molar-refractivity contribution is 0.403. The summed E-state index contributed by atoms with van der Waals surface area (Å²) in [5.74, 6) is -1.89. The molecule has 13 heteroatoms. The van der Waals surface area contributed by atoms with Crippen molar-refractivity contribution < 1.29 is 21.6 Å². The first-order valence-corrected chi connectivity index (χ1v) is 17.3. The molecule has 8 nitrogen and oxygen atoms in total. The number of sulfone groups is 1. The van der Waals surface area contributed by atoms with Crippen LogP contribution in [0.15, 0.2) is 24.4 Å². The van der Waals surface area contributed by atoms with Crippen LogP contribution in [0.5, 0.6) is 0 Å². The van der Waals surface area contributed by atoms with Crippen LogP contribution in [-0.2, 0) is 16.4 Å². The third-order valence-electron chi connectivity index (χ3n) is 9.07. The van der Waals surface area contributed by atoms with Crippen LogP contribution in [0.4, 0.5) is 24.9 Å². The zero-order valence-electron chi connectivity index (χ0n) is 25.0. The third kappa shape index (κ3) is 5.76. The Hall–Kier alpha value is -3.32. The molecule has 2 aliphatic carbocycles. The average molecular weight is 645 g/mol. The van der Waals surface area contributed by atoms with E-state index < -0.39 is 32.0 Å². The molecule has 2 unspecified atom stereocenters. The van der Waals surface area contributed by atoms with Gasteiger partial charge in [0.05, 0.1) is 26.4 Å². The molecule has 0 spiro atoms. The van der Waals surface area contributed by atoms with Crippen molar-refractivity contribution in [3.8, 4) is 10.6 Å². The zero-order valence-corrected chi connectivity index (χ0v) is 26.7. The number of nitrogens with zero attached hydrogens (tertiary/aromatic N) is 4. The second-order valence-electron chi connectivity index (χ2n) is 12.3. The van der Waals surface area contributed by atoms with Crippen LogP contribution in [0, 0.1) is 30.3 Å². The molecule has 0 saturated heterocycles. The van der Waals surface area contributed by atoms with Gasteiger partial charge in [0.25, 0.3) is 0 Å². The molecule has 0 radical (unpaired) electrons. The highest BCUT2D eigenvalue weighted by Crippen LogP contribution is 2.45. The maximum absolute atomic E-state index is 14.3. The van der Waals surface area contributed by atoms with Crippen LogP contribution >= 0.6 is 11.3 Å². The minimum absolute atomic E-state index is 0.0343. The Morgan fingerprint density at radius 1 is 1.05 bits per heavy atom. The van der Waals surface area contributed by atoms with Crippen molar-refractivity contribution in [1.29, 1.82) is 0 Å². The van der Waals surface area contributed by atoms with Crippen LogP contribution in [0.3, 0.4) is 0 Å². The first-order valence-electron chi connectivity index (χ1n) is 14.9. The summed E-state index contributed by atoms with van der Waals surface area (Å²) in [4.78, 5) is 18.9. The van der Waals surface area contributed by atoms with Crippen molar-refractivity contribution in [2.75, 3.05) is 16.4 Å². The minimum Gasteiger partial charge on any atom is -0.367 e. The molecular weight excluding hydrogens is 610 g/mol. The van der Waals surface area contributed by atoms with Crippen LogP contribution in [0.2, 0.25) is 0 Å². The second-order valence-corrected chi connectivity index (χ2v) is 16.1. The Balaban J connectivity index is 1.35. The molecule has 2 aliphatic rings. The number of aromatic nitrogens is 4. The fourth-order valence-corrected chi connectivity index (χ4v) is 8.65. The molecule has 3 aromatic heterocycles. The molecule has 2 saturated carbocycles. The standard InChI is InChI=1S/C31H35F3N6O2S2/c1-5-44(41,42)31(3,4)18-8-9-20(12-18)38-28-25(29-39-27-24(43-29)10-11-35-26(27)17-6-7-17)16(2)37-30(40-28)36-15-21-22(33)13-19(32)14-23(21)34/h10-11,13-14,17-18,20H,5-9,12,15H2,1-4H3,(H2,36,37,38,40). The highest BCUT2D eigenvalue weighted by atomic mass is 32.2. The van der Waals surface area contributed by atoms with Gasteiger partial charge < -0.3 is 10.6 Å². The van der Waals surface area contributed by atoms with E-state index in [0.29, 0.717) is 41.5 Å². The highest BCUT2D eigenvalue weighted by Gasteiger charge is 2.44. The smallest absolute Gasteiger partial charge is 0.225 e. The van der Waals surface area contributed by atoms with Crippen molar-refractivity contribution in [2.24, 2.45) is 5.92 Å². The predicted octanol–water partition coefficient (Wildman–Crippen LogP) is 7.16. The Morgan fingerprint density at radius 2 is 1.77 bits per heavy atom. The summed E-state index contributed by atoms with van der Waals surface area (Å²) in [6.45, 7) is 6.83. The molecule has 2 fully saturated rings. The number of hydrogen-bond acceptors (Lipinski definition) is 9. The number of hydrogen-bond donors (Lipinski definition) is 2. The minimum atomic E-state index is -3.27. The fourth-order valence-electron chi connectivity index (χ4n) is 6.12. The number of fused-ring (bicyclic) bond motifs is 1. The molecule has 1 aromatic carbocycles. The van der Waals surface area contributed by atoms with Gasteiger partial charge in [-0.3, -0.25) is 4.98 Å². The van der Waals surface area contributed by atoms with Crippen LogP contribution in [0.25, 0.3) is 20.8 Å². The largest absolute Gasteiger partial charge is 0.367 e. The Kier molecular flexibility index (Phi) is 8.06. The quantitative estimate of drug-likeness (QED) is 0.187. The average Bonchev–Trinajstić information content (AvgIpc) is 3.53. The lowest BCUT2D eigenvalue weighted by Gasteiger charge is -2.31. The van der Waals surface area contributed by atoms with Crippen molar-refractivity contribution in [2.45, 2.75) is 83.1 Å². The summed E-state index contributed by atoms with van der Waals surface area (Å²) in [5.41, 5.74) is 2.86. The summed E-state index contributed by atoms with van der Waals surface area (Å²) >= 11 is 1.52. The molecule has 3 heterocycles. The van der Waals surface area contributed by atoms with Crippen LogP contribution in [-0.4, -0.2) is 44.9 Å². The summed E-state index contributed by atoms with van der Waals surface area (Å²) < 4.78 is 68.0. The topological polar surface area (TPSA) is 110 Å². The normalized spacial score (nSPS) is 19.1. The van der Waals surface area contributed by atoms with E-state index in [1.54, 1.807) is 6.92 Å². The van der Waals surface area contributed by atoms with E-state index in [1.807, 2.05) is 33.0 Å². The number of nitrogens with one attached hydrogen (secondary N) is 2. The maximum Gasteiger partial charge on any atom is 0.225 e. The van der Waals surface area contributed by atoms with Gasteiger partial charge in [-0.25, -0.2) is 31.6 Å². The van der Waals surface area contributed by atoms with Gasteiger partial charge >= 0.3 is 0 Å². The molecule has 0 bridgehead atoms. The summed E-state index contributed by atoms with van der Waals surface area (Å²) in [6, 6.07) is 3.16. The zero-order chi connectivity index (χ0) is 31.4. The SMILES string of the molecule is CCS(=O)(=O)C(C)(C)C1CCC(Nc2nc(NCc3c(F)cc(F)cc3F)nc(C)c2-c2nc3c(C4CC4)nccc3s2)C1. The number of aryl methyl sites for hydroxylation is 1. The number of pyridine rings is 1. The van der Waals surface area contributed by atoms with Gasteiger partial charge in [0, 0.05) is 48.2 Å². The third-order valence-corrected chi connectivity index (χ3v) is 12.8. The van der Waals surface area contributed by atoms with E-state index in [1.165, 1.54) is 11.3 Å². The number of anilines is 2. The number of halogens is 3. The monoisotopic (exact) mass is 644 g/mol. The van der Waals surface area contributed by atoms with E-state index in [2.05, 4.69) is 20.6 Å². The summed E-state index contributed by atoms with van der Waals surface area (Å²) in [7, 11) is -3.27. The first kappa shape index (κ1) is 30.7. The van der Waals surface area contributed by atoms with E-state index in [0.717, 1.165) is 46.6 Å². The molecule has 0 amide bonds. The van der Waals surface area contributed by atoms with Crippen molar-refractivity contribution in [3.05, 3.63) is 58.8 Å². The molecular formula is C31H35F3N6O2S2. The molecule has 4 aromatic rings. The number of benzene rings is 1. The van der Waals surface area contributed by atoms with Crippen molar-refractivity contribution in [1.82, 2.24) is 19.9 Å². The van der Waals surface area contributed by atoms with E-state index in [9.17, 15) is 21.6 Å². The van der Waals surface area contributed by atoms with Gasteiger partial charge in [0.2, 0.25) is 5.95 Å². The van der Waals surface area contributed by atoms with Gasteiger partial charge in [-0.15, -0.1) is 11.3 Å². The van der Waals surface area contributed by atoms with Crippen LogP contribution < -0.4 is 10.6 Å². The maximum atomic E-state index is 14.3. The molecule has 0 aliphatic heterocycles. The molecule has 6 rings (SSSR count). The molecule has 2 N–H and O–H groups in total. The van der Waals surface area contributed by atoms with Gasteiger partial charge in [-0.2, -0.15) is 4.98 Å². The van der Waals surface area contributed by atoms with E-state index in [4.69, 9.17) is 9.97 Å². The second kappa shape index (κ2) is 11.6. The van der Waals surface area contributed by atoms with Crippen LogP contribution in [0.1, 0.15) is 75.7 Å². The van der Waals surface area contributed by atoms with Crippen molar-refractivity contribution >= 4 is 43.2 Å². The van der Waals surface area contributed by atoms with Gasteiger partial charge in [0.1, 0.15) is 33.8 Å². The van der Waals surface area contributed by atoms with Gasteiger partial charge in [-0.1, -0.05) is 6.92 Å². The molecule has 2 atom stereocenters. The lowest BCUT2D eigenvalue weighted by atomic mass is 9.93. The summed E-state index contributed by atoms with van der Waals surface area (Å²) in [6.07, 6.45) is 6.13. The fraction of sp³-hybridized carbons (Fsp3) is 0.484. The predicted molar refractivity (Wildman–Crippen MR) is 167 cm³/mol. The van der Waals surface area contributed by atoms with E-state index in [-0.39, 0.29) is 35.8 Å². The highest BCUT2D eigenvalue weighted by molar-refractivity contribution is 7.92. The Morgan fingerprint density at radius 3 is 2.45 bits per heavy atom. The number of rotatable bonds is 10. The van der Waals surface area contributed by atoms with Gasteiger partial charge in [-0.05, 0) is 64.9 Å². The van der Waals surface area contributed by atoms with Gasteiger partial charge in [0.15, 0.2) is 9.84 Å².